The Kier molecular flexibility index (Phi) is 5.34. The van der Waals surface area contributed by atoms with Gasteiger partial charge in [-0.05, 0) is 30.3 Å². The first-order valence-corrected chi connectivity index (χ1v) is 8.56. The molecule has 0 saturated heterocycles. The van der Waals surface area contributed by atoms with Crippen molar-refractivity contribution >= 4 is 46.6 Å². The van der Waals surface area contributed by atoms with Gasteiger partial charge in [-0.1, -0.05) is 35.0 Å². The van der Waals surface area contributed by atoms with E-state index in [1.165, 1.54) is 11.8 Å². The number of thioether (sulfide) groups is 1. The van der Waals surface area contributed by atoms with Crippen LogP contribution in [-0.2, 0) is 4.79 Å². The van der Waals surface area contributed by atoms with Crippen LogP contribution in [-0.4, -0.2) is 31.4 Å². The number of nitrogens with one attached hydrogen (secondary N) is 1. The molecule has 0 aliphatic rings. The summed E-state index contributed by atoms with van der Waals surface area (Å²) in [5.41, 5.74) is 1.42. The van der Waals surface area contributed by atoms with Gasteiger partial charge in [0.2, 0.25) is 5.91 Å². The lowest BCUT2D eigenvalue weighted by molar-refractivity contribution is -0.113. The van der Waals surface area contributed by atoms with Crippen LogP contribution in [0, 0.1) is 0 Å². The summed E-state index contributed by atoms with van der Waals surface area (Å²) >= 11 is 13.1. The van der Waals surface area contributed by atoms with Gasteiger partial charge in [0.05, 0.1) is 27.7 Å². The molecule has 122 valence electrons. The Morgan fingerprint density at radius 1 is 1.25 bits per heavy atom. The average Bonchev–Trinajstić information content (AvgIpc) is 3.06. The van der Waals surface area contributed by atoms with Gasteiger partial charge in [0.1, 0.15) is 6.33 Å². The molecule has 0 spiro atoms. The molecule has 2 aromatic heterocycles. The number of rotatable bonds is 5. The summed E-state index contributed by atoms with van der Waals surface area (Å²) < 4.78 is 1.77. The summed E-state index contributed by atoms with van der Waals surface area (Å²) in [6.07, 6.45) is 4.96. The lowest BCUT2D eigenvalue weighted by Gasteiger charge is -2.07. The number of hydrogen-bond donors (Lipinski definition) is 1. The highest BCUT2D eigenvalue weighted by atomic mass is 35.5. The molecule has 1 amide bonds. The fourth-order valence-electron chi connectivity index (χ4n) is 1.90. The summed E-state index contributed by atoms with van der Waals surface area (Å²) in [5, 5.41) is 12.1. The molecule has 0 aliphatic heterocycles. The van der Waals surface area contributed by atoms with E-state index >= 15 is 0 Å². The first kappa shape index (κ1) is 16.8. The van der Waals surface area contributed by atoms with Crippen molar-refractivity contribution in [2.45, 2.75) is 5.16 Å². The topological polar surface area (TPSA) is 72.7 Å². The molecule has 6 nitrogen and oxygen atoms in total. The van der Waals surface area contributed by atoms with Crippen LogP contribution in [0.3, 0.4) is 0 Å². The number of amides is 1. The molecule has 0 radical (unpaired) electrons. The van der Waals surface area contributed by atoms with Gasteiger partial charge in [-0.2, -0.15) is 0 Å². The Hall–Kier alpha value is -2.09. The van der Waals surface area contributed by atoms with Crippen LogP contribution in [0.2, 0.25) is 10.0 Å². The van der Waals surface area contributed by atoms with E-state index in [0.29, 0.717) is 20.9 Å². The molecule has 1 aromatic carbocycles. The molecule has 9 heteroatoms. The van der Waals surface area contributed by atoms with Gasteiger partial charge in [0.15, 0.2) is 5.16 Å². The van der Waals surface area contributed by atoms with E-state index in [4.69, 9.17) is 23.2 Å². The standard InChI is InChI=1S/C15H11Cl2N5OS/c16-12-4-3-10(6-13(12)17)20-14(23)8-24-15-21-19-9-22(15)11-2-1-5-18-7-11/h1-7,9H,8H2,(H,20,23). The zero-order valence-electron chi connectivity index (χ0n) is 12.2. The van der Waals surface area contributed by atoms with Gasteiger partial charge in [-0.15, -0.1) is 10.2 Å². The largest absolute Gasteiger partial charge is 0.325 e. The third kappa shape index (κ3) is 4.05. The molecule has 0 fully saturated rings. The molecule has 3 aromatic rings. The molecule has 0 aliphatic carbocycles. The van der Waals surface area contributed by atoms with Crippen molar-refractivity contribution in [1.29, 1.82) is 0 Å². The van der Waals surface area contributed by atoms with Crippen molar-refractivity contribution in [2.75, 3.05) is 11.1 Å². The molecule has 0 atom stereocenters. The van der Waals surface area contributed by atoms with Gasteiger partial charge in [-0.25, -0.2) is 0 Å². The van der Waals surface area contributed by atoms with Crippen molar-refractivity contribution in [3.05, 3.63) is 59.1 Å². The van der Waals surface area contributed by atoms with Crippen LogP contribution in [0.15, 0.2) is 54.2 Å². The highest BCUT2D eigenvalue weighted by Gasteiger charge is 2.11. The van der Waals surface area contributed by atoms with Crippen molar-refractivity contribution in [3.63, 3.8) is 0 Å². The number of hydrogen-bond acceptors (Lipinski definition) is 5. The lowest BCUT2D eigenvalue weighted by atomic mass is 10.3. The molecule has 2 heterocycles. The monoisotopic (exact) mass is 379 g/mol. The maximum Gasteiger partial charge on any atom is 0.234 e. The Balaban J connectivity index is 1.63. The van der Waals surface area contributed by atoms with Crippen LogP contribution in [0.1, 0.15) is 0 Å². The smallest absolute Gasteiger partial charge is 0.234 e. The maximum atomic E-state index is 12.1. The van der Waals surface area contributed by atoms with Crippen LogP contribution in [0.25, 0.3) is 5.69 Å². The van der Waals surface area contributed by atoms with Crippen molar-refractivity contribution in [3.8, 4) is 5.69 Å². The molecule has 1 N–H and O–H groups in total. The number of pyridine rings is 1. The minimum atomic E-state index is -0.181. The van der Waals surface area contributed by atoms with Crippen LogP contribution in [0.4, 0.5) is 5.69 Å². The predicted octanol–water partition coefficient (Wildman–Crippen LogP) is 3.70. The average molecular weight is 380 g/mol. The highest BCUT2D eigenvalue weighted by molar-refractivity contribution is 7.99. The van der Waals surface area contributed by atoms with E-state index in [1.807, 2.05) is 12.1 Å². The van der Waals surface area contributed by atoms with Crippen molar-refractivity contribution in [2.24, 2.45) is 0 Å². The van der Waals surface area contributed by atoms with E-state index in [-0.39, 0.29) is 11.7 Å². The van der Waals surface area contributed by atoms with Crippen molar-refractivity contribution in [1.82, 2.24) is 19.7 Å². The zero-order valence-corrected chi connectivity index (χ0v) is 14.5. The van der Waals surface area contributed by atoms with E-state index < -0.39 is 0 Å². The zero-order chi connectivity index (χ0) is 16.9. The third-order valence-electron chi connectivity index (χ3n) is 2.98. The fraction of sp³-hybridized carbons (Fsp3) is 0.0667. The Morgan fingerprint density at radius 2 is 2.12 bits per heavy atom. The van der Waals surface area contributed by atoms with E-state index in [1.54, 1.807) is 41.5 Å². The van der Waals surface area contributed by atoms with Gasteiger partial charge in [0.25, 0.3) is 0 Å². The maximum absolute atomic E-state index is 12.1. The predicted molar refractivity (Wildman–Crippen MR) is 95.0 cm³/mol. The Labute approximate surface area is 152 Å². The number of benzene rings is 1. The second-order valence-corrected chi connectivity index (χ2v) is 6.42. The van der Waals surface area contributed by atoms with Gasteiger partial charge < -0.3 is 5.32 Å². The van der Waals surface area contributed by atoms with E-state index in [2.05, 4.69) is 20.5 Å². The summed E-state index contributed by atoms with van der Waals surface area (Å²) in [7, 11) is 0. The molecule has 24 heavy (non-hydrogen) atoms. The van der Waals surface area contributed by atoms with Gasteiger partial charge in [-0.3, -0.25) is 14.3 Å². The highest BCUT2D eigenvalue weighted by Crippen LogP contribution is 2.25. The molecule has 0 saturated carbocycles. The summed E-state index contributed by atoms with van der Waals surface area (Å²) in [4.78, 5) is 16.1. The quantitative estimate of drug-likeness (QED) is 0.684. The number of aromatic nitrogens is 4. The Bertz CT molecular complexity index is 856. The number of carbonyl (C=O) groups is 1. The fourth-order valence-corrected chi connectivity index (χ4v) is 2.92. The van der Waals surface area contributed by atoms with E-state index in [0.717, 1.165) is 5.69 Å². The second kappa shape index (κ2) is 7.65. The minimum Gasteiger partial charge on any atom is -0.325 e. The number of halogens is 2. The van der Waals surface area contributed by atoms with Gasteiger partial charge in [0, 0.05) is 11.9 Å². The summed E-state index contributed by atoms with van der Waals surface area (Å²) in [6.45, 7) is 0. The SMILES string of the molecule is O=C(CSc1nncn1-c1cccnc1)Nc1ccc(Cl)c(Cl)c1. The normalized spacial score (nSPS) is 10.6. The van der Waals surface area contributed by atoms with Crippen LogP contribution < -0.4 is 5.32 Å². The number of anilines is 1. The van der Waals surface area contributed by atoms with Crippen molar-refractivity contribution < 1.29 is 4.79 Å². The second-order valence-electron chi connectivity index (χ2n) is 4.66. The Morgan fingerprint density at radius 3 is 2.88 bits per heavy atom. The molecule has 0 bridgehead atoms. The molecule has 0 unspecified atom stereocenters. The molecular weight excluding hydrogens is 369 g/mol. The number of nitrogens with zero attached hydrogens (tertiary/aromatic N) is 4. The summed E-state index contributed by atoms with van der Waals surface area (Å²) in [5.74, 6) is -0.00160. The van der Waals surface area contributed by atoms with Crippen LogP contribution in [0.5, 0.6) is 0 Å². The first-order valence-electron chi connectivity index (χ1n) is 6.81. The third-order valence-corrected chi connectivity index (χ3v) is 4.66. The lowest BCUT2D eigenvalue weighted by Crippen LogP contribution is -2.14. The first-order chi connectivity index (χ1) is 11.6. The molecular formula is C15H11Cl2N5OS. The van der Waals surface area contributed by atoms with E-state index in [9.17, 15) is 4.79 Å². The van der Waals surface area contributed by atoms with Crippen LogP contribution >= 0.6 is 35.0 Å². The molecule has 3 rings (SSSR count). The minimum absolute atomic E-state index is 0.180. The summed E-state index contributed by atoms with van der Waals surface area (Å²) in [6, 6.07) is 8.63. The number of carbonyl (C=O) groups excluding carboxylic acids is 1. The van der Waals surface area contributed by atoms with Gasteiger partial charge >= 0.3 is 0 Å².